The third-order valence-corrected chi connectivity index (χ3v) is 3.59. The van der Waals surface area contributed by atoms with E-state index >= 15 is 0 Å². The van der Waals surface area contributed by atoms with E-state index in [1.165, 1.54) is 24.1 Å². The van der Waals surface area contributed by atoms with Crippen molar-refractivity contribution < 1.29 is 0 Å². The highest BCUT2D eigenvalue weighted by atomic mass is 32.1. The number of nitrogens with zero attached hydrogens (tertiary/aromatic N) is 1. The number of rotatable bonds is 1. The maximum atomic E-state index is 4.12. The van der Waals surface area contributed by atoms with Crippen LogP contribution in [0.15, 0.2) is 11.7 Å². The monoisotopic (exact) mass is 167 g/mol. The molecule has 0 aromatic carbocycles. The molecule has 0 amide bonds. The van der Waals surface area contributed by atoms with E-state index in [9.17, 15) is 0 Å². The van der Waals surface area contributed by atoms with E-state index in [2.05, 4.69) is 11.9 Å². The smallest absolute Gasteiger partial charge is 0.0794 e. The van der Waals surface area contributed by atoms with Crippen LogP contribution in [0.25, 0.3) is 0 Å². The average Bonchev–Trinajstić information content (AvgIpc) is 2.55. The zero-order valence-electron chi connectivity index (χ0n) is 6.79. The fourth-order valence-electron chi connectivity index (χ4n) is 1.98. The lowest BCUT2D eigenvalue weighted by atomic mass is 9.97. The highest BCUT2D eigenvalue weighted by Crippen LogP contribution is 2.40. The van der Waals surface area contributed by atoms with Crippen molar-refractivity contribution in [1.29, 1.82) is 0 Å². The first kappa shape index (κ1) is 7.29. The molecular formula is C9H13NS. The molecule has 0 spiro atoms. The Morgan fingerprint density at radius 1 is 1.55 bits per heavy atom. The molecule has 2 rings (SSSR count). The van der Waals surface area contributed by atoms with Crippen LogP contribution in [-0.2, 0) is 0 Å². The molecule has 0 saturated heterocycles. The maximum Gasteiger partial charge on any atom is 0.0794 e. The maximum absolute atomic E-state index is 4.12. The van der Waals surface area contributed by atoms with Gasteiger partial charge in [-0.05, 0) is 18.3 Å². The van der Waals surface area contributed by atoms with Crippen LogP contribution < -0.4 is 0 Å². The molecular weight excluding hydrogens is 154 g/mol. The largest absolute Gasteiger partial charge is 0.253 e. The highest BCUT2D eigenvalue weighted by Gasteiger charge is 2.25. The lowest BCUT2D eigenvalue weighted by Gasteiger charge is -2.11. The van der Waals surface area contributed by atoms with Gasteiger partial charge in [-0.15, -0.1) is 11.3 Å². The Bertz CT molecular complexity index is 217. The number of hydrogen-bond donors (Lipinski definition) is 0. The van der Waals surface area contributed by atoms with Gasteiger partial charge in [-0.1, -0.05) is 19.8 Å². The van der Waals surface area contributed by atoms with Gasteiger partial charge in [0.2, 0.25) is 0 Å². The lowest BCUT2D eigenvalue weighted by molar-refractivity contribution is 0.539. The van der Waals surface area contributed by atoms with Gasteiger partial charge in [0.25, 0.3) is 0 Å². The van der Waals surface area contributed by atoms with Gasteiger partial charge >= 0.3 is 0 Å². The number of hydrogen-bond acceptors (Lipinski definition) is 2. The molecule has 0 aliphatic heterocycles. The number of aromatic nitrogens is 1. The molecule has 0 bridgehead atoms. The van der Waals surface area contributed by atoms with E-state index in [-0.39, 0.29) is 0 Å². The zero-order chi connectivity index (χ0) is 7.68. The first-order valence-corrected chi connectivity index (χ1v) is 5.14. The minimum absolute atomic E-state index is 0.822. The van der Waals surface area contributed by atoms with Crippen LogP contribution in [0.4, 0.5) is 0 Å². The Labute approximate surface area is 71.5 Å². The van der Waals surface area contributed by atoms with Gasteiger partial charge in [0, 0.05) is 11.1 Å². The Balaban J connectivity index is 2.16. The van der Waals surface area contributed by atoms with Crippen molar-refractivity contribution in [2.24, 2.45) is 5.92 Å². The normalized spacial score (nSPS) is 31.0. The van der Waals surface area contributed by atoms with Crippen molar-refractivity contribution in [2.75, 3.05) is 0 Å². The van der Waals surface area contributed by atoms with Crippen LogP contribution >= 0.6 is 11.3 Å². The molecule has 1 aliphatic rings. The summed E-state index contributed by atoms with van der Waals surface area (Å²) in [7, 11) is 0. The molecule has 1 heterocycles. The fraction of sp³-hybridized carbons (Fsp3) is 0.667. The molecule has 11 heavy (non-hydrogen) atoms. The molecule has 0 N–H and O–H groups in total. The van der Waals surface area contributed by atoms with E-state index < -0.39 is 0 Å². The fourth-order valence-corrected chi connectivity index (χ4v) is 2.87. The summed E-state index contributed by atoms with van der Waals surface area (Å²) < 4.78 is 0. The van der Waals surface area contributed by atoms with Gasteiger partial charge in [0.05, 0.1) is 5.51 Å². The van der Waals surface area contributed by atoms with Gasteiger partial charge < -0.3 is 0 Å². The van der Waals surface area contributed by atoms with Gasteiger partial charge in [0.1, 0.15) is 0 Å². The van der Waals surface area contributed by atoms with Crippen LogP contribution in [-0.4, -0.2) is 4.98 Å². The van der Waals surface area contributed by atoms with E-state index in [0.717, 1.165) is 11.8 Å². The Morgan fingerprint density at radius 3 is 3.00 bits per heavy atom. The summed E-state index contributed by atoms with van der Waals surface area (Å²) in [6.45, 7) is 2.36. The van der Waals surface area contributed by atoms with E-state index in [0.29, 0.717) is 0 Å². The molecule has 60 valence electrons. The van der Waals surface area contributed by atoms with Crippen LogP contribution in [0.5, 0.6) is 0 Å². The summed E-state index contributed by atoms with van der Waals surface area (Å²) in [6.07, 6.45) is 6.23. The van der Waals surface area contributed by atoms with Gasteiger partial charge in [-0.3, -0.25) is 4.98 Å². The summed E-state index contributed by atoms with van der Waals surface area (Å²) in [4.78, 5) is 5.62. The first-order valence-electron chi connectivity index (χ1n) is 4.26. The van der Waals surface area contributed by atoms with Gasteiger partial charge in [-0.2, -0.15) is 0 Å². The molecule has 2 atom stereocenters. The molecule has 2 unspecified atom stereocenters. The molecule has 2 heteroatoms. The second-order valence-corrected chi connectivity index (χ2v) is 4.34. The van der Waals surface area contributed by atoms with E-state index in [1.54, 1.807) is 0 Å². The highest BCUT2D eigenvalue weighted by molar-refractivity contribution is 7.09. The molecule has 1 aliphatic carbocycles. The van der Waals surface area contributed by atoms with E-state index in [4.69, 9.17) is 0 Å². The summed E-state index contributed by atoms with van der Waals surface area (Å²) >= 11 is 1.81. The molecule has 1 aromatic heterocycles. The van der Waals surface area contributed by atoms with Crippen molar-refractivity contribution in [2.45, 2.75) is 32.1 Å². The minimum atomic E-state index is 0.822. The Kier molecular flexibility index (Phi) is 1.95. The SMILES string of the molecule is CC1CCCC1c1cncs1. The van der Waals surface area contributed by atoms with Gasteiger partial charge in [0.15, 0.2) is 0 Å². The molecule has 1 fully saturated rings. The molecule has 0 radical (unpaired) electrons. The summed E-state index contributed by atoms with van der Waals surface area (Å²) in [5.41, 5.74) is 1.94. The third-order valence-electron chi connectivity index (χ3n) is 2.68. The summed E-state index contributed by atoms with van der Waals surface area (Å²) in [5, 5.41) is 0. The average molecular weight is 167 g/mol. The molecule has 1 aromatic rings. The van der Waals surface area contributed by atoms with Crippen molar-refractivity contribution in [3.8, 4) is 0 Å². The quantitative estimate of drug-likeness (QED) is 0.626. The summed E-state index contributed by atoms with van der Waals surface area (Å²) in [5.74, 6) is 1.71. The van der Waals surface area contributed by atoms with Crippen LogP contribution in [0.1, 0.15) is 37.0 Å². The predicted octanol–water partition coefficient (Wildman–Crippen LogP) is 3.05. The van der Waals surface area contributed by atoms with Crippen LogP contribution in [0, 0.1) is 5.92 Å². The second-order valence-electron chi connectivity index (χ2n) is 3.42. The van der Waals surface area contributed by atoms with Gasteiger partial charge in [-0.25, -0.2) is 0 Å². The summed E-state index contributed by atoms with van der Waals surface area (Å²) in [6, 6.07) is 0. The number of thiazole rings is 1. The van der Waals surface area contributed by atoms with Crippen molar-refractivity contribution in [1.82, 2.24) is 4.98 Å². The molecule has 1 nitrogen and oxygen atoms in total. The van der Waals surface area contributed by atoms with Crippen molar-refractivity contribution >= 4 is 11.3 Å². The minimum Gasteiger partial charge on any atom is -0.253 e. The standard InChI is InChI=1S/C9H13NS/c1-7-3-2-4-8(7)9-5-10-6-11-9/h5-8H,2-4H2,1H3. The Morgan fingerprint density at radius 2 is 2.45 bits per heavy atom. The van der Waals surface area contributed by atoms with E-state index in [1.807, 2.05) is 23.0 Å². The second kappa shape index (κ2) is 2.94. The molecule has 1 saturated carbocycles. The lowest BCUT2D eigenvalue weighted by Crippen LogP contribution is -1.98. The van der Waals surface area contributed by atoms with Crippen LogP contribution in [0.2, 0.25) is 0 Å². The predicted molar refractivity (Wildman–Crippen MR) is 47.9 cm³/mol. The Hall–Kier alpha value is -0.370. The zero-order valence-corrected chi connectivity index (χ0v) is 7.60. The third kappa shape index (κ3) is 1.32. The van der Waals surface area contributed by atoms with Crippen LogP contribution in [0.3, 0.4) is 0 Å². The van der Waals surface area contributed by atoms with Crippen molar-refractivity contribution in [3.05, 3.63) is 16.6 Å². The van der Waals surface area contributed by atoms with Crippen molar-refractivity contribution in [3.63, 3.8) is 0 Å². The first-order chi connectivity index (χ1) is 5.38. The topological polar surface area (TPSA) is 12.9 Å².